The van der Waals surface area contributed by atoms with Crippen molar-refractivity contribution in [1.82, 2.24) is 4.90 Å². The SMILES string of the molecule is c1ccc(CC2CC3(CCN(C4CCOCC4)CC3)CO2)cc1. The Bertz CT molecular complexity index is 490. The van der Waals surface area contributed by atoms with E-state index < -0.39 is 0 Å². The highest BCUT2D eigenvalue weighted by molar-refractivity contribution is 5.16. The smallest absolute Gasteiger partial charge is 0.0621 e. The molecule has 1 atom stereocenters. The number of hydrogen-bond acceptors (Lipinski definition) is 3. The summed E-state index contributed by atoms with van der Waals surface area (Å²) in [7, 11) is 0. The molecule has 3 saturated heterocycles. The lowest BCUT2D eigenvalue weighted by atomic mass is 9.75. The van der Waals surface area contributed by atoms with Gasteiger partial charge >= 0.3 is 0 Å². The molecule has 3 aliphatic rings. The molecule has 3 nitrogen and oxygen atoms in total. The van der Waals surface area contributed by atoms with Crippen molar-refractivity contribution >= 4 is 0 Å². The molecule has 1 aromatic rings. The number of benzene rings is 1. The Morgan fingerprint density at radius 2 is 1.78 bits per heavy atom. The fourth-order valence-electron chi connectivity index (χ4n) is 4.67. The van der Waals surface area contributed by atoms with Gasteiger partial charge in [-0.3, -0.25) is 0 Å². The third-order valence-corrected chi connectivity index (χ3v) is 6.16. The molecule has 126 valence electrons. The maximum Gasteiger partial charge on any atom is 0.0621 e. The van der Waals surface area contributed by atoms with Gasteiger partial charge in [-0.05, 0) is 62.6 Å². The quantitative estimate of drug-likeness (QED) is 0.854. The first-order valence-electron chi connectivity index (χ1n) is 9.30. The van der Waals surface area contributed by atoms with Gasteiger partial charge in [-0.1, -0.05) is 30.3 Å². The van der Waals surface area contributed by atoms with Gasteiger partial charge < -0.3 is 14.4 Å². The van der Waals surface area contributed by atoms with E-state index in [1.807, 2.05) is 0 Å². The van der Waals surface area contributed by atoms with Crippen LogP contribution < -0.4 is 0 Å². The molecular formula is C20H29NO2. The molecule has 1 unspecified atom stereocenters. The zero-order valence-corrected chi connectivity index (χ0v) is 14.1. The molecule has 3 aliphatic heterocycles. The molecule has 0 bridgehead atoms. The Labute approximate surface area is 140 Å². The summed E-state index contributed by atoms with van der Waals surface area (Å²) in [6.45, 7) is 5.40. The van der Waals surface area contributed by atoms with Crippen molar-refractivity contribution in [2.45, 2.75) is 50.7 Å². The van der Waals surface area contributed by atoms with Crippen LogP contribution >= 0.6 is 0 Å². The summed E-state index contributed by atoms with van der Waals surface area (Å²) in [4.78, 5) is 2.72. The molecule has 3 heteroatoms. The second kappa shape index (κ2) is 6.92. The topological polar surface area (TPSA) is 21.7 Å². The molecule has 1 spiro atoms. The second-order valence-electron chi connectivity index (χ2n) is 7.71. The lowest BCUT2D eigenvalue weighted by Gasteiger charge is -2.43. The summed E-state index contributed by atoms with van der Waals surface area (Å²) in [6, 6.07) is 11.6. The maximum atomic E-state index is 6.19. The van der Waals surface area contributed by atoms with E-state index in [1.165, 1.54) is 50.8 Å². The molecule has 23 heavy (non-hydrogen) atoms. The first-order valence-corrected chi connectivity index (χ1v) is 9.30. The summed E-state index contributed by atoms with van der Waals surface area (Å²) in [5, 5.41) is 0. The zero-order valence-electron chi connectivity index (χ0n) is 14.1. The third kappa shape index (κ3) is 3.62. The second-order valence-corrected chi connectivity index (χ2v) is 7.71. The summed E-state index contributed by atoms with van der Waals surface area (Å²) in [6.07, 6.45) is 7.83. The number of hydrogen-bond donors (Lipinski definition) is 0. The van der Waals surface area contributed by atoms with Crippen molar-refractivity contribution < 1.29 is 9.47 Å². The van der Waals surface area contributed by atoms with Crippen LogP contribution in [0.2, 0.25) is 0 Å². The Hall–Kier alpha value is -0.900. The van der Waals surface area contributed by atoms with E-state index in [1.54, 1.807) is 0 Å². The van der Waals surface area contributed by atoms with Gasteiger partial charge in [0.25, 0.3) is 0 Å². The van der Waals surface area contributed by atoms with E-state index in [0.717, 1.165) is 32.3 Å². The van der Waals surface area contributed by atoms with E-state index in [2.05, 4.69) is 35.2 Å². The first-order chi connectivity index (χ1) is 11.3. The lowest BCUT2D eigenvalue weighted by Crippen LogP contribution is -2.47. The molecule has 0 saturated carbocycles. The van der Waals surface area contributed by atoms with Crippen LogP contribution in [0.3, 0.4) is 0 Å². The largest absolute Gasteiger partial charge is 0.381 e. The van der Waals surface area contributed by atoms with E-state index in [0.29, 0.717) is 11.5 Å². The van der Waals surface area contributed by atoms with E-state index in [9.17, 15) is 0 Å². The van der Waals surface area contributed by atoms with E-state index in [-0.39, 0.29) is 0 Å². The molecular weight excluding hydrogens is 286 g/mol. The average molecular weight is 315 g/mol. The van der Waals surface area contributed by atoms with Gasteiger partial charge in [0, 0.05) is 19.3 Å². The Kier molecular flexibility index (Phi) is 4.70. The maximum absolute atomic E-state index is 6.19. The highest BCUT2D eigenvalue weighted by atomic mass is 16.5. The van der Waals surface area contributed by atoms with Crippen molar-refractivity contribution in [3.05, 3.63) is 35.9 Å². The van der Waals surface area contributed by atoms with Gasteiger partial charge in [0.2, 0.25) is 0 Å². The molecule has 3 heterocycles. The van der Waals surface area contributed by atoms with Crippen molar-refractivity contribution in [3.63, 3.8) is 0 Å². The van der Waals surface area contributed by atoms with Gasteiger partial charge in [-0.15, -0.1) is 0 Å². The highest BCUT2D eigenvalue weighted by Gasteiger charge is 2.43. The van der Waals surface area contributed by atoms with Gasteiger partial charge in [0.05, 0.1) is 12.7 Å². The van der Waals surface area contributed by atoms with Gasteiger partial charge in [0.1, 0.15) is 0 Å². The van der Waals surface area contributed by atoms with Crippen molar-refractivity contribution in [2.75, 3.05) is 32.9 Å². The third-order valence-electron chi connectivity index (χ3n) is 6.16. The van der Waals surface area contributed by atoms with E-state index in [4.69, 9.17) is 9.47 Å². The van der Waals surface area contributed by atoms with Crippen molar-refractivity contribution in [1.29, 1.82) is 0 Å². The van der Waals surface area contributed by atoms with Crippen LogP contribution in [0.5, 0.6) is 0 Å². The van der Waals surface area contributed by atoms with Crippen LogP contribution in [0.1, 0.15) is 37.7 Å². The van der Waals surface area contributed by atoms with Crippen LogP contribution in [0.4, 0.5) is 0 Å². The van der Waals surface area contributed by atoms with Crippen LogP contribution in [-0.2, 0) is 15.9 Å². The molecule has 1 aromatic carbocycles. The Balaban J connectivity index is 1.29. The average Bonchev–Trinajstić information content (AvgIpc) is 2.99. The van der Waals surface area contributed by atoms with Gasteiger partial charge in [0.15, 0.2) is 0 Å². The highest BCUT2D eigenvalue weighted by Crippen LogP contribution is 2.43. The molecule has 3 fully saturated rings. The summed E-state index contributed by atoms with van der Waals surface area (Å²) < 4.78 is 11.7. The minimum absolute atomic E-state index is 0.423. The summed E-state index contributed by atoms with van der Waals surface area (Å²) in [5.74, 6) is 0. The standard InChI is InChI=1S/C20H29NO2/c1-2-4-17(5-3-1)14-19-15-20(16-23-19)8-10-21(11-9-20)18-6-12-22-13-7-18/h1-5,18-19H,6-16H2. The number of nitrogens with zero attached hydrogens (tertiary/aromatic N) is 1. The zero-order chi connectivity index (χ0) is 15.5. The molecule has 0 aliphatic carbocycles. The minimum Gasteiger partial charge on any atom is -0.381 e. The fourth-order valence-corrected chi connectivity index (χ4v) is 4.67. The van der Waals surface area contributed by atoms with E-state index >= 15 is 0 Å². The predicted octanol–water partition coefficient (Wildman–Crippen LogP) is 3.28. The van der Waals surface area contributed by atoms with Gasteiger partial charge in [-0.25, -0.2) is 0 Å². The Morgan fingerprint density at radius 3 is 2.52 bits per heavy atom. The van der Waals surface area contributed by atoms with Crippen LogP contribution in [-0.4, -0.2) is 50.0 Å². The summed E-state index contributed by atoms with van der Waals surface area (Å²) in [5.41, 5.74) is 1.87. The number of ether oxygens (including phenoxy) is 2. The van der Waals surface area contributed by atoms with Crippen LogP contribution in [0.25, 0.3) is 0 Å². The molecule has 0 N–H and O–H groups in total. The number of rotatable bonds is 3. The fraction of sp³-hybridized carbons (Fsp3) is 0.700. The molecule has 0 amide bonds. The van der Waals surface area contributed by atoms with Crippen LogP contribution in [0, 0.1) is 5.41 Å². The summed E-state index contributed by atoms with van der Waals surface area (Å²) >= 11 is 0. The Morgan fingerprint density at radius 1 is 1.04 bits per heavy atom. The first kappa shape index (κ1) is 15.6. The lowest BCUT2D eigenvalue weighted by molar-refractivity contribution is 0.00223. The molecule has 4 rings (SSSR count). The number of likely N-dealkylation sites (tertiary alicyclic amines) is 1. The minimum atomic E-state index is 0.423. The van der Waals surface area contributed by atoms with Crippen molar-refractivity contribution in [2.24, 2.45) is 5.41 Å². The monoisotopic (exact) mass is 315 g/mol. The molecule has 0 radical (unpaired) electrons. The van der Waals surface area contributed by atoms with Crippen molar-refractivity contribution in [3.8, 4) is 0 Å². The molecule has 0 aromatic heterocycles. The normalized spacial score (nSPS) is 29.1. The van der Waals surface area contributed by atoms with Gasteiger partial charge in [-0.2, -0.15) is 0 Å². The predicted molar refractivity (Wildman–Crippen MR) is 91.6 cm³/mol. The number of piperidine rings is 1. The van der Waals surface area contributed by atoms with Crippen LogP contribution in [0.15, 0.2) is 30.3 Å².